The van der Waals surface area contributed by atoms with Crippen LogP contribution in [0, 0.1) is 10.8 Å². The highest BCUT2D eigenvalue weighted by atomic mass is 16.2. The van der Waals surface area contributed by atoms with Crippen molar-refractivity contribution in [3.63, 3.8) is 0 Å². The minimum Gasteiger partial charge on any atom is -0.353 e. The lowest BCUT2D eigenvalue weighted by molar-refractivity contribution is -0.136. The molecule has 1 fully saturated rings. The second-order valence-corrected chi connectivity index (χ2v) is 5.98. The van der Waals surface area contributed by atoms with Crippen LogP contribution in [-0.4, -0.2) is 11.9 Å². The Morgan fingerprint density at radius 2 is 1.69 bits per heavy atom. The second kappa shape index (κ2) is 5.70. The fraction of sp³-hybridized carbons (Fsp3) is 0.929. The number of hydrogen-bond acceptors (Lipinski definition) is 1. The molecule has 96 valence electrons. The van der Waals surface area contributed by atoms with E-state index in [-0.39, 0.29) is 22.8 Å². The van der Waals surface area contributed by atoms with E-state index in [1.807, 2.05) is 13.8 Å². The zero-order valence-electron chi connectivity index (χ0n) is 12.1. The van der Waals surface area contributed by atoms with Crippen LogP contribution in [0.25, 0.3) is 0 Å². The molecule has 0 aromatic heterocycles. The van der Waals surface area contributed by atoms with E-state index in [0.717, 1.165) is 12.8 Å². The van der Waals surface area contributed by atoms with Crippen molar-refractivity contribution in [2.24, 2.45) is 10.8 Å². The summed E-state index contributed by atoms with van der Waals surface area (Å²) in [6.07, 6.45) is 3.30. The number of nitrogens with one attached hydrogen (secondary N) is 1. The van der Waals surface area contributed by atoms with Crippen LogP contribution in [0.3, 0.4) is 0 Å². The van der Waals surface area contributed by atoms with Gasteiger partial charge in [0, 0.05) is 11.5 Å². The standard InChI is InChI=1S/C12H23NO.C2H6/c1-9(11(2,3)4)13-10(14)12(5)7-6-8-12;1-2/h9H,6-8H2,1-5H3,(H,13,14);1-2H3. The average Bonchev–Trinajstić information content (AvgIpc) is 2.15. The Bertz CT molecular complexity index is 223. The van der Waals surface area contributed by atoms with Gasteiger partial charge in [-0.05, 0) is 25.2 Å². The summed E-state index contributed by atoms with van der Waals surface area (Å²) in [5.74, 6) is 0.242. The molecule has 0 spiro atoms. The predicted octanol–water partition coefficient (Wildman–Crippen LogP) is 3.75. The fourth-order valence-electron chi connectivity index (χ4n) is 1.52. The molecule has 1 unspecified atom stereocenters. The minimum atomic E-state index is -0.0699. The van der Waals surface area contributed by atoms with Gasteiger partial charge < -0.3 is 5.32 Å². The third-order valence-corrected chi connectivity index (χ3v) is 3.65. The van der Waals surface area contributed by atoms with Gasteiger partial charge in [0.1, 0.15) is 0 Å². The molecule has 0 bridgehead atoms. The normalized spacial score (nSPS) is 19.9. The zero-order valence-corrected chi connectivity index (χ0v) is 12.1. The van der Waals surface area contributed by atoms with E-state index in [1.54, 1.807) is 0 Å². The molecular formula is C14H29NO. The smallest absolute Gasteiger partial charge is 0.226 e. The Balaban J connectivity index is 0.00000106. The molecule has 0 heterocycles. The fourth-order valence-corrected chi connectivity index (χ4v) is 1.52. The third-order valence-electron chi connectivity index (χ3n) is 3.65. The van der Waals surface area contributed by atoms with E-state index in [0.29, 0.717) is 0 Å². The Labute approximate surface area is 101 Å². The first kappa shape index (κ1) is 15.5. The molecule has 1 aliphatic rings. The summed E-state index contributed by atoms with van der Waals surface area (Å²) in [6, 6.07) is 0.243. The van der Waals surface area contributed by atoms with E-state index in [9.17, 15) is 4.79 Å². The maximum atomic E-state index is 11.9. The molecule has 2 heteroatoms. The van der Waals surface area contributed by atoms with Crippen LogP contribution in [0.5, 0.6) is 0 Å². The van der Waals surface area contributed by atoms with E-state index in [4.69, 9.17) is 0 Å². The van der Waals surface area contributed by atoms with Crippen LogP contribution in [0.4, 0.5) is 0 Å². The molecule has 1 atom stereocenters. The first-order valence-corrected chi connectivity index (χ1v) is 6.57. The van der Waals surface area contributed by atoms with E-state index in [1.165, 1.54) is 6.42 Å². The van der Waals surface area contributed by atoms with Crippen LogP contribution in [0.1, 0.15) is 67.7 Å². The predicted molar refractivity (Wildman–Crippen MR) is 70.4 cm³/mol. The van der Waals surface area contributed by atoms with Crippen LogP contribution < -0.4 is 5.32 Å². The van der Waals surface area contributed by atoms with E-state index >= 15 is 0 Å². The molecule has 16 heavy (non-hydrogen) atoms. The molecule has 1 N–H and O–H groups in total. The number of hydrogen-bond donors (Lipinski definition) is 1. The SMILES string of the molecule is CC.CC(NC(=O)C1(C)CCC1)C(C)(C)C. The highest BCUT2D eigenvalue weighted by Crippen LogP contribution is 2.40. The summed E-state index contributed by atoms with van der Waals surface area (Å²) in [6.45, 7) is 14.6. The van der Waals surface area contributed by atoms with Gasteiger partial charge in [0.25, 0.3) is 0 Å². The molecule has 0 aliphatic heterocycles. The Morgan fingerprint density at radius 1 is 1.25 bits per heavy atom. The number of rotatable bonds is 2. The lowest BCUT2D eigenvalue weighted by Gasteiger charge is -2.39. The molecule has 0 aromatic carbocycles. The molecule has 1 aliphatic carbocycles. The van der Waals surface area contributed by atoms with E-state index in [2.05, 4.69) is 39.9 Å². The molecular weight excluding hydrogens is 198 g/mol. The molecule has 0 aromatic rings. The molecule has 2 nitrogen and oxygen atoms in total. The van der Waals surface area contributed by atoms with Gasteiger partial charge in [-0.1, -0.05) is 48.0 Å². The number of amides is 1. The maximum absolute atomic E-state index is 11.9. The molecule has 0 radical (unpaired) electrons. The van der Waals surface area contributed by atoms with Crippen molar-refractivity contribution >= 4 is 5.91 Å². The monoisotopic (exact) mass is 227 g/mol. The highest BCUT2D eigenvalue weighted by molar-refractivity contribution is 5.83. The van der Waals surface area contributed by atoms with Crippen LogP contribution in [0.15, 0.2) is 0 Å². The lowest BCUT2D eigenvalue weighted by Crippen LogP contribution is -2.50. The number of carbonyl (C=O) groups is 1. The summed E-state index contributed by atoms with van der Waals surface area (Å²) >= 11 is 0. The molecule has 1 amide bonds. The van der Waals surface area contributed by atoms with E-state index < -0.39 is 0 Å². The summed E-state index contributed by atoms with van der Waals surface area (Å²) in [5.41, 5.74) is 0.0786. The van der Waals surface area contributed by atoms with Crippen molar-refractivity contribution in [2.45, 2.75) is 73.8 Å². The van der Waals surface area contributed by atoms with Crippen molar-refractivity contribution in [2.75, 3.05) is 0 Å². The quantitative estimate of drug-likeness (QED) is 0.764. The van der Waals surface area contributed by atoms with Gasteiger partial charge in [0.05, 0.1) is 0 Å². The van der Waals surface area contributed by atoms with Gasteiger partial charge in [-0.3, -0.25) is 4.79 Å². The van der Waals surface area contributed by atoms with Crippen molar-refractivity contribution in [1.82, 2.24) is 5.32 Å². The minimum absolute atomic E-state index is 0.0699. The van der Waals surface area contributed by atoms with Crippen molar-refractivity contribution in [3.05, 3.63) is 0 Å². The molecule has 1 rings (SSSR count). The van der Waals surface area contributed by atoms with Gasteiger partial charge in [0.2, 0.25) is 5.91 Å². The van der Waals surface area contributed by atoms with Gasteiger partial charge in [-0.2, -0.15) is 0 Å². The first-order valence-electron chi connectivity index (χ1n) is 6.57. The zero-order chi connectivity index (χ0) is 13.0. The van der Waals surface area contributed by atoms with Gasteiger partial charge >= 0.3 is 0 Å². The summed E-state index contributed by atoms with van der Waals surface area (Å²) in [7, 11) is 0. The highest BCUT2D eigenvalue weighted by Gasteiger charge is 2.40. The lowest BCUT2D eigenvalue weighted by atomic mass is 9.69. The van der Waals surface area contributed by atoms with Crippen LogP contribution in [-0.2, 0) is 4.79 Å². The van der Waals surface area contributed by atoms with Gasteiger partial charge in [-0.15, -0.1) is 0 Å². The Hall–Kier alpha value is -0.530. The second-order valence-electron chi connectivity index (χ2n) is 5.98. The summed E-state index contributed by atoms with van der Waals surface area (Å²) < 4.78 is 0. The maximum Gasteiger partial charge on any atom is 0.226 e. The summed E-state index contributed by atoms with van der Waals surface area (Å²) in [4.78, 5) is 11.9. The van der Waals surface area contributed by atoms with Gasteiger partial charge in [-0.25, -0.2) is 0 Å². The van der Waals surface area contributed by atoms with Crippen molar-refractivity contribution in [1.29, 1.82) is 0 Å². The first-order chi connectivity index (χ1) is 7.26. The van der Waals surface area contributed by atoms with Gasteiger partial charge in [0.15, 0.2) is 0 Å². The Morgan fingerprint density at radius 3 is 1.94 bits per heavy atom. The van der Waals surface area contributed by atoms with Crippen LogP contribution in [0.2, 0.25) is 0 Å². The third kappa shape index (κ3) is 3.80. The van der Waals surface area contributed by atoms with Crippen molar-refractivity contribution in [3.8, 4) is 0 Å². The van der Waals surface area contributed by atoms with Crippen LogP contribution >= 0.6 is 0 Å². The van der Waals surface area contributed by atoms with Crippen molar-refractivity contribution < 1.29 is 4.79 Å². The summed E-state index contributed by atoms with van der Waals surface area (Å²) in [5, 5.41) is 3.12. The number of carbonyl (C=O) groups excluding carboxylic acids is 1. The average molecular weight is 227 g/mol. The largest absolute Gasteiger partial charge is 0.353 e. The Kier molecular flexibility index (Phi) is 5.51. The topological polar surface area (TPSA) is 29.1 Å². The molecule has 0 saturated heterocycles. The molecule has 1 saturated carbocycles.